The molecule has 2 aromatic rings. The van der Waals surface area contributed by atoms with Crippen LogP contribution in [-0.2, 0) is 0 Å². The molecule has 0 spiro atoms. The first-order chi connectivity index (χ1) is 11.4. The van der Waals surface area contributed by atoms with E-state index in [1.165, 1.54) is 7.11 Å². The van der Waals surface area contributed by atoms with Gasteiger partial charge in [0, 0.05) is 10.0 Å². The van der Waals surface area contributed by atoms with Crippen LogP contribution in [0.25, 0.3) is 11.1 Å². The molecule has 0 saturated carbocycles. The summed E-state index contributed by atoms with van der Waals surface area (Å²) in [6.07, 6.45) is 0. The van der Waals surface area contributed by atoms with Gasteiger partial charge >= 0.3 is 0 Å². The molecule has 0 heterocycles. The summed E-state index contributed by atoms with van der Waals surface area (Å²) in [5.41, 5.74) is 0.397. The summed E-state index contributed by atoms with van der Waals surface area (Å²) in [6.45, 7) is 0. The summed E-state index contributed by atoms with van der Waals surface area (Å²) < 4.78 is 5.83. The predicted molar refractivity (Wildman–Crippen MR) is 90.2 cm³/mol. The van der Waals surface area contributed by atoms with Crippen LogP contribution in [0.15, 0.2) is 34.8 Å². The standard InChI is InChI=1S/C17H11BrN2O4/c1-24-17-11(6-14(21)15(22)16(17)23)13(8-20)12(7-19)9-2-4-10(18)5-3-9/h2-6,21-23H,1H3/b13-12-. The molecule has 0 saturated heterocycles. The summed E-state index contributed by atoms with van der Waals surface area (Å²) in [5, 5.41) is 48.2. The third-order valence-corrected chi connectivity index (χ3v) is 3.82. The van der Waals surface area contributed by atoms with Crippen molar-refractivity contribution in [2.75, 3.05) is 7.11 Å². The van der Waals surface area contributed by atoms with Crippen LogP contribution >= 0.6 is 15.9 Å². The van der Waals surface area contributed by atoms with Gasteiger partial charge in [0.1, 0.15) is 12.1 Å². The average molecular weight is 387 g/mol. The van der Waals surface area contributed by atoms with Gasteiger partial charge in [-0.15, -0.1) is 0 Å². The fourth-order valence-corrected chi connectivity index (χ4v) is 2.42. The monoisotopic (exact) mass is 386 g/mol. The Labute approximate surface area is 146 Å². The lowest BCUT2D eigenvalue weighted by Crippen LogP contribution is -1.95. The summed E-state index contributed by atoms with van der Waals surface area (Å²) in [7, 11) is 1.23. The van der Waals surface area contributed by atoms with Gasteiger partial charge in [-0.1, -0.05) is 28.1 Å². The van der Waals surface area contributed by atoms with E-state index in [1.807, 2.05) is 12.1 Å². The number of aromatic hydroxyl groups is 3. The molecule has 2 aromatic carbocycles. The van der Waals surface area contributed by atoms with E-state index >= 15 is 0 Å². The van der Waals surface area contributed by atoms with Crippen LogP contribution in [0.5, 0.6) is 23.0 Å². The molecule has 0 aliphatic heterocycles. The number of benzene rings is 2. The Kier molecular flexibility index (Phi) is 4.98. The Bertz CT molecular complexity index is 906. The Morgan fingerprint density at radius 2 is 1.58 bits per heavy atom. The van der Waals surface area contributed by atoms with Crippen LogP contribution in [0.1, 0.15) is 11.1 Å². The van der Waals surface area contributed by atoms with E-state index in [2.05, 4.69) is 15.9 Å². The van der Waals surface area contributed by atoms with Gasteiger partial charge in [-0.2, -0.15) is 10.5 Å². The fraction of sp³-hybridized carbons (Fsp3) is 0.0588. The molecule has 24 heavy (non-hydrogen) atoms. The van der Waals surface area contributed by atoms with Crippen LogP contribution < -0.4 is 4.74 Å². The Morgan fingerprint density at radius 3 is 2.08 bits per heavy atom. The van der Waals surface area contributed by atoms with Gasteiger partial charge in [-0.05, 0) is 23.8 Å². The summed E-state index contributed by atoms with van der Waals surface area (Å²) in [5.74, 6) is -2.33. The van der Waals surface area contributed by atoms with Gasteiger partial charge in [0.25, 0.3) is 0 Å². The molecular weight excluding hydrogens is 376 g/mol. The number of allylic oxidation sites excluding steroid dienone is 2. The maximum atomic E-state index is 9.91. The number of rotatable bonds is 3. The van der Waals surface area contributed by atoms with Crippen molar-refractivity contribution in [2.24, 2.45) is 0 Å². The van der Waals surface area contributed by atoms with Gasteiger partial charge < -0.3 is 20.1 Å². The molecule has 120 valence electrons. The number of halogens is 1. The molecule has 0 atom stereocenters. The number of nitrogens with zero attached hydrogens (tertiary/aromatic N) is 2. The second-order valence-electron chi connectivity index (χ2n) is 4.65. The SMILES string of the molecule is COc1c(/C(C#N)=C(/C#N)c2ccc(Br)cc2)cc(O)c(O)c1O. The predicted octanol–water partition coefficient (Wildman–Crippen LogP) is 3.53. The topological polar surface area (TPSA) is 118 Å². The first-order valence-electron chi connectivity index (χ1n) is 6.57. The molecule has 0 aliphatic rings. The number of nitriles is 2. The van der Waals surface area contributed by atoms with Crippen LogP contribution in [0, 0.1) is 22.7 Å². The normalized spacial score (nSPS) is 11.2. The highest BCUT2D eigenvalue weighted by atomic mass is 79.9. The quantitative estimate of drug-likeness (QED) is 0.421. The third kappa shape index (κ3) is 2.98. The van der Waals surface area contributed by atoms with Crippen molar-refractivity contribution in [3.05, 3.63) is 45.9 Å². The molecule has 0 radical (unpaired) electrons. The molecule has 0 aliphatic carbocycles. The summed E-state index contributed by atoms with van der Waals surface area (Å²) >= 11 is 3.29. The lowest BCUT2D eigenvalue weighted by molar-refractivity contribution is 0.335. The highest BCUT2D eigenvalue weighted by Gasteiger charge is 2.23. The Hall–Kier alpha value is -3.16. The van der Waals surface area contributed by atoms with Gasteiger partial charge in [0.05, 0.1) is 18.3 Å². The van der Waals surface area contributed by atoms with Crippen molar-refractivity contribution in [1.29, 1.82) is 10.5 Å². The van der Waals surface area contributed by atoms with Crippen molar-refractivity contribution >= 4 is 27.1 Å². The number of methoxy groups -OCH3 is 1. The van der Waals surface area contributed by atoms with Crippen LogP contribution in [0.2, 0.25) is 0 Å². The maximum absolute atomic E-state index is 9.91. The zero-order valence-electron chi connectivity index (χ0n) is 12.4. The minimum Gasteiger partial charge on any atom is -0.504 e. The largest absolute Gasteiger partial charge is 0.504 e. The first kappa shape index (κ1) is 17.2. The van der Waals surface area contributed by atoms with E-state index in [9.17, 15) is 25.8 Å². The zero-order valence-corrected chi connectivity index (χ0v) is 14.0. The van der Waals surface area contributed by atoms with E-state index in [-0.39, 0.29) is 22.5 Å². The smallest absolute Gasteiger partial charge is 0.205 e. The van der Waals surface area contributed by atoms with E-state index in [4.69, 9.17) is 4.74 Å². The highest BCUT2D eigenvalue weighted by Crippen LogP contribution is 2.47. The molecule has 0 amide bonds. The van der Waals surface area contributed by atoms with Crippen LogP contribution in [-0.4, -0.2) is 22.4 Å². The van der Waals surface area contributed by atoms with Crippen molar-refractivity contribution in [3.8, 4) is 35.1 Å². The van der Waals surface area contributed by atoms with E-state index in [0.717, 1.165) is 10.5 Å². The van der Waals surface area contributed by atoms with Crippen molar-refractivity contribution in [1.82, 2.24) is 0 Å². The van der Waals surface area contributed by atoms with Crippen molar-refractivity contribution in [3.63, 3.8) is 0 Å². The minimum absolute atomic E-state index is 0.00716. The highest BCUT2D eigenvalue weighted by molar-refractivity contribution is 9.10. The van der Waals surface area contributed by atoms with E-state index < -0.39 is 17.2 Å². The fourth-order valence-electron chi connectivity index (χ4n) is 2.15. The summed E-state index contributed by atoms with van der Waals surface area (Å²) in [6, 6.07) is 11.6. The van der Waals surface area contributed by atoms with Crippen molar-refractivity contribution in [2.45, 2.75) is 0 Å². The zero-order chi connectivity index (χ0) is 17.9. The molecule has 0 unspecified atom stereocenters. The molecule has 3 N–H and O–H groups in total. The molecule has 6 nitrogen and oxygen atoms in total. The van der Waals surface area contributed by atoms with Gasteiger partial charge in [0.2, 0.25) is 11.5 Å². The maximum Gasteiger partial charge on any atom is 0.205 e. The minimum atomic E-state index is -0.768. The number of hydrogen-bond donors (Lipinski definition) is 3. The van der Waals surface area contributed by atoms with Gasteiger partial charge in [-0.25, -0.2) is 0 Å². The van der Waals surface area contributed by atoms with Crippen molar-refractivity contribution < 1.29 is 20.1 Å². The van der Waals surface area contributed by atoms with E-state index in [1.54, 1.807) is 24.3 Å². The number of ether oxygens (including phenoxy) is 1. The molecule has 7 heteroatoms. The Balaban J connectivity index is 2.82. The number of hydrogen-bond acceptors (Lipinski definition) is 6. The average Bonchev–Trinajstić information content (AvgIpc) is 2.58. The molecular formula is C17H11BrN2O4. The lowest BCUT2D eigenvalue weighted by Gasteiger charge is -2.13. The van der Waals surface area contributed by atoms with Crippen LogP contribution in [0.3, 0.4) is 0 Å². The second-order valence-corrected chi connectivity index (χ2v) is 5.57. The van der Waals surface area contributed by atoms with Crippen LogP contribution in [0.4, 0.5) is 0 Å². The first-order valence-corrected chi connectivity index (χ1v) is 7.36. The van der Waals surface area contributed by atoms with Gasteiger partial charge in [0.15, 0.2) is 11.5 Å². The number of phenolic OH excluding ortho intramolecular Hbond substituents is 3. The van der Waals surface area contributed by atoms with E-state index in [0.29, 0.717) is 5.56 Å². The molecule has 2 rings (SSSR count). The molecule has 0 aromatic heterocycles. The summed E-state index contributed by atoms with van der Waals surface area (Å²) in [4.78, 5) is 0. The molecule has 0 bridgehead atoms. The lowest BCUT2D eigenvalue weighted by atomic mass is 9.95. The van der Waals surface area contributed by atoms with Gasteiger partial charge in [-0.3, -0.25) is 0 Å². The number of phenols is 3. The Morgan fingerprint density at radius 1 is 1.00 bits per heavy atom. The molecule has 0 fully saturated rings. The third-order valence-electron chi connectivity index (χ3n) is 3.29. The second kappa shape index (κ2) is 6.95.